The summed E-state index contributed by atoms with van der Waals surface area (Å²) in [6.07, 6.45) is 0. The van der Waals surface area contributed by atoms with Gasteiger partial charge in [0.2, 0.25) is 0 Å². The lowest BCUT2D eigenvalue weighted by Gasteiger charge is -2.36. The van der Waals surface area contributed by atoms with Crippen LogP contribution in [0.15, 0.2) is 243 Å². The van der Waals surface area contributed by atoms with E-state index in [1.54, 1.807) is 0 Å². The first-order chi connectivity index (χ1) is 32.2. The molecule has 3 nitrogen and oxygen atoms in total. The molecule has 304 valence electrons. The summed E-state index contributed by atoms with van der Waals surface area (Å²) in [7, 11) is -2.89. The van der Waals surface area contributed by atoms with Crippen molar-refractivity contribution in [3.63, 3.8) is 0 Å². The molecule has 0 radical (unpaired) electrons. The molecule has 5 heteroatoms. The van der Waals surface area contributed by atoms with Gasteiger partial charge in [0.15, 0.2) is 8.07 Å². The second-order valence-corrected chi connectivity index (χ2v) is 20.9. The highest BCUT2D eigenvalue weighted by Gasteiger charge is 2.44. The van der Waals surface area contributed by atoms with Gasteiger partial charge in [0, 0.05) is 32.9 Å². The maximum atomic E-state index is 7.19. The minimum atomic E-state index is -2.89. The van der Waals surface area contributed by atoms with Crippen LogP contribution in [0.4, 0.5) is 0 Å². The average Bonchev–Trinajstić information content (AvgIpc) is 3.72. The lowest BCUT2D eigenvalue weighted by Crippen LogP contribution is -2.75. The van der Waals surface area contributed by atoms with Crippen LogP contribution in [0.2, 0.25) is 0 Å². The van der Waals surface area contributed by atoms with Gasteiger partial charge in [0.1, 0.15) is 17.2 Å². The predicted octanol–water partition coefficient (Wildman–Crippen LogP) is 10.8. The predicted molar refractivity (Wildman–Crippen MR) is 273 cm³/mol. The number of rotatable bonds is 7. The number of ether oxygens (including phenoxy) is 1. The van der Waals surface area contributed by atoms with Gasteiger partial charge in [0.05, 0.1) is 11.0 Å². The summed E-state index contributed by atoms with van der Waals surface area (Å²) in [4.78, 5) is 0. The molecule has 0 amide bonds. The third-order valence-electron chi connectivity index (χ3n) is 13.6. The monoisotopic (exact) mass is 845 g/mol. The molecular weight excluding hydrogens is 806 g/mol. The molecule has 65 heavy (non-hydrogen) atoms. The lowest BCUT2D eigenvalue weighted by molar-refractivity contribution is 0.480. The van der Waals surface area contributed by atoms with Crippen molar-refractivity contribution in [2.75, 3.05) is 0 Å². The number of hydrogen-bond acceptors (Lipinski definition) is 2. The van der Waals surface area contributed by atoms with Crippen LogP contribution < -0.4 is 41.1 Å². The molecule has 2 aliphatic rings. The van der Waals surface area contributed by atoms with Crippen LogP contribution in [-0.2, 0) is 0 Å². The fourth-order valence-electron chi connectivity index (χ4n) is 10.8. The Kier molecular flexibility index (Phi) is 8.65. The topological polar surface area (TPSA) is 23.4 Å². The molecule has 3 heterocycles. The molecule has 0 N–H and O–H groups in total. The van der Waals surface area contributed by atoms with E-state index in [1.165, 1.54) is 48.1 Å². The Balaban J connectivity index is 0.985. The van der Waals surface area contributed by atoms with E-state index in [2.05, 4.69) is 247 Å². The normalized spacial score (nSPS) is 12.5. The third kappa shape index (κ3) is 5.83. The SMILES string of the molecule is c1ccc([Si](c2ccccc2)(c2ccccc2)c2ccccc2-c2cc3c4c(c2)-c2ccccc2OB4c2ccc(-c4cccc(-n5c6ccccc6c6ccccc65)c4)cc2O3)cc1. The summed E-state index contributed by atoms with van der Waals surface area (Å²) in [5, 5.41) is 7.83. The van der Waals surface area contributed by atoms with Gasteiger partial charge in [-0.3, -0.25) is 0 Å². The Morgan fingerprint density at radius 1 is 0.369 bits per heavy atom. The van der Waals surface area contributed by atoms with Crippen LogP contribution in [0.1, 0.15) is 0 Å². The van der Waals surface area contributed by atoms with Crippen LogP contribution in [-0.4, -0.2) is 19.6 Å². The molecule has 11 aromatic rings. The van der Waals surface area contributed by atoms with Gasteiger partial charge in [0.25, 0.3) is 0 Å². The summed E-state index contributed by atoms with van der Waals surface area (Å²) >= 11 is 0. The third-order valence-corrected chi connectivity index (χ3v) is 18.5. The zero-order valence-electron chi connectivity index (χ0n) is 35.4. The first-order valence-corrected chi connectivity index (χ1v) is 24.4. The quantitative estimate of drug-likeness (QED) is 0.118. The summed E-state index contributed by atoms with van der Waals surface area (Å²) in [6.45, 7) is -0.327. The van der Waals surface area contributed by atoms with Crippen molar-refractivity contribution < 1.29 is 9.39 Å². The number of nitrogens with zero attached hydrogens (tertiary/aromatic N) is 1. The van der Waals surface area contributed by atoms with Crippen molar-refractivity contribution in [2.45, 2.75) is 0 Å². The molecule has 0 fully saturated rings. The van der Waals surface area contributed by atoms with Crippen LogP contribution in [0.3, 0.4) is 0 Å². The fraction of sp³-hybridized carbons (Fsp3) is 0. The highest BCUT2D eigenvalue weighted by Crippen LogP contribution is 2.42. The van der Waals surface area contributed by atoms with Gasteiger partial charge >= 0.3 is 6.92 Å². The Morgan fingerprint density at radius 3 is 1.60 bits per heavy atom. The molecule has 0 saturated heterocycles. The Labute approximate surface area is 379 Å². The minimum absolute atomic E-state index is 0.327. The second-order valence-electron chi connectivity index (χ2n) is 17.1. The van der Waals surface area contributed by atoms with Crippen LogP contribution in [0.25, 0.3) is 60.9 Å². The largest absolute Gasteiger partial charge is 0.551 e. The Hall–Kier alpha value is -8.12. The van der Waals surface area contributed by atoms with E-state index in [0.717, 1.165) is 61.7 Å². The van der Waals surface area contributed by atoms with Crippen molar-refractivity contribution in [3.8, 4) is 56.3 Å². The zero-order chi connectivity index (χ0) is 42.9. The molecule has 0 spiro atoms. The maximum absolute atomic E-state index is 7.19. The maximum Gasteiger partial charge on any atom is 0.434 e. The lowest BCUT2D eigenvalue weighted by atomic mass is 9.50. The van der Waals surface area contributed by atoms with E-state index in [0.29, 0.717) is 0 Å². The fourth-order valence-corrected chi connectivity index (χ4v) is 15.8. The second kappa shape index (κ2) is 15.0. The van der Waals surface area contributed by atoms with Gasteiger partial charge < -0.3 is 14.0 Å². The number of hydrogen-bond donors (Lipinski definition) is 0. The molecular formula is C60H40BNO2Si. The van der Waals surface area contributed by atoms with Gasteiger partial charge in [-0.25, -0.2) is 0 Å². The first kappa shape index (κ1) is 37.4. The molecule has 0 unspecified atom stereocenters. The van der Waals surface area contributed by atoms with Crippen molar-refractivity contribution in [1.82, 2.24) is 4.57 Å². The summed E-state index contributed by atoms with van der Waals surface area (Å²) in [5.41, 5.74) is 12.3. The number of aromatic nitrogens is 1. The van der Waals surface area contributed by atoms with Gasteiger partial charge in [-0.1, -0.05) is 194 Å². The van der Waals surface area contributed by atoms with Gasteiger partial charge in [-0.2, -0.15) is 0 Å². The zero-order valence-corrected chi connectivity index (χ0v) is 36.4. The molecule has 10 aromatic carbocycles. The number of benzene rings is 10. The van der Waals surface area contributed by atoms with Crippen LogP contribution in [0, 0.1) is 0 Å². The van der Waals surface area contributed by atoms with E-state index < -0.39 is 8.07 Å². The van der Waals surface area contributed by atoms with E-state index in [4.69, 9.17) is 9.39 Å². The summed E-state index contributed by atoms with van der Waals surface area (Å²) in [6, 6.07) is 88.4. The van der Waals surface area contributed by atoms with Crippen molar-refractivity contribution >= 4 is 68.5 Å². The van der Waals surface area contributed by atoms with Crippen LogP contribution in [0.5, 0.6) is 17.2 Å². The van der Waals surface area contributed by atoms with E-state index in [9.17, 15) is 0 Å². The highest BCUT2D eigenvalue weighted by molar-refractivity contribution is 7.20. The number of fused-ring (bicyclic) bond motifs is 7. The Morgan fingerprint density at radius 2 is 0.923 bits per heavy atom. The molecule has 0 atom stereocenters. The minimum Gasteiger partial charge on any atom is -0.551 e. The van der Waals surface area contributed by atoms with E-state index in [-0.39, 0.29) is 6.92 Å². The van der Waals surface area contributed by atoms with Gasteiger partial charge in [-0.05, 0) is 97.1 Å². The molecule has 0 aliphatic carbocycles. The summed E-state index contributed by atoms with van der Waals surface area (Å²) < 4.78 is 16.5. The smallest absolute Gasteiger partial charge is 0.434 e. The molecule has 2 aliphatic heterocycles. The van der Waals surface area contributed by atoms with E-state index >= 15 is 0 Å². The highest BCUT2D eigenvalue weighted by atomic mass is 28.3. The summed E-state index contributed by atoms with van der Waals surface area (Å²) in [5.74, 6) is 2.50. The van der Waals surface area contributed by atoms with Crippen molar-refractivity contribution in [1.29, 1.82) is 0 Å². The van der Waals surface area contributed by atoms with Crippen molar-refractivity contribution in [3.05, 3.63) is 243 Å². The first-order valence-electron chi connectivity index (χ1n) is 22.4. The molecule has 13 rings (SSSR count). The Bertz CT molecular complexity index is 3470. The standard InChI is InChI=1S/C60H40BNO2Si/c1-4-21-45(22-5-1)65(46-23-6-2-7-24-46,47-25-8-3-9-26-47)59-34-17-13-27-48(59)43-38-52-51-30-12-16-33-56(51)64-61-53-36-35-42(39-57(53)63-58(40-43)60(52)61)41-19-18-20-44(37-41)62-54-31-14-10-28-49(54)50-29-11-15-32-55(50)62/h1-40H. The molecule has 0 saturated carbocycles. The number of para-hydroxylation sites is 3. The van der Waals surface area contributed by atoms with E-state index in [1.807, 2.05) is 0 Å². The van der Waals surface area contributed by atoms with Crippen LogP contribution >= 0.6 is 0 Å². The molecule has 0 bridgehead atoms. The molecule has 1 aromatic heterocycles. The van der Waals surface area contributed by atoms with Crippen molar-refractivity contribution in [2.24, 2.45) is 0 Å². The van der Waals surface area contributed by atoms with Gasteiger partial charge in [-0.15, -0.1) is 0 Å². The average molecular weight is 846 g/mol.